The fourth-order valence-electron chi connectivity index (χ4n) is 2.72. The molecule has 3 rings (SSSR count). The van der Waals surface area contributed by atoms with Crippen LogP contribution in [0.5, 0.6) is 0 Å². The average Bonchev–Trinajstić information content (AvgIpc) is 3.04. The van der Waals surface area contributed by atoms with Gasteiger partial charge < -0.3 is 19.2 Å². The molecule has 23 heavy (non-hydrogen) atoms. The minimum atomic E-state index is -1.07. The number of amides is 1. The van der Waals surface area contributed by atoms with Gasteiger partial charge in [-0.1, -0.05) is 30.3 Å². The second kappa shape index (κ2) is 6.26. The summed E-state index contributed by atoms with van der Waals surface area (Å²) in [7, 11) is 0. The van der Waals surface area contributed by atoms with Gasteiger partial charge in [0, 0.05) is 12.1 Å². The molecule has 1 N–H and O–H groups in total. The molecule has 6 nitrogen and oxygen atoms in total. The van der Waals surface area contributed by atoms with Gasteiger partial charge in [-0.15, -0.1) is 0 Å². The summed E-state index contributed by atoms with van der Waals surface area (Å²) in [5.41, 5.74) is 1.57. The second-order valence-corrected chi connectivity index (χ2v) is 5.51. The van der Waals surface area contributed by atoms with Gasteiger partial charge >= 0.3 is 5.97 Å². The monoisotopic (exact) mass is 315 g/mol. The number of hydrogen-bond donors (Lipinski definition) is 1. The summed E-state index contributed by atoms with van der Waals surface area (Å²) in [6.45, 7) is 2.08. The van der Waals surface area contributed by atoms with E-state index in [1.807, 2.05) is 30.3 Å². The summed E-state index contributed by atoms with van der Waals surface area (Å²) in [6, 6.07) is 11.2. The van der Waals surface area contributed by atoms with Crippen molar-refractivity contribution < 1.29 is 23.8 Å². The molecule has 6 heteroatoms. The molecule has 0 radical (unpaired) electrons. The van der Waals surface area contributed by atoms with Crippen LogP contribution in [0.25, 0.3) is 11.1 Å². The Morgan fingerprint density at radius 1 is 1.17 bits per heavy atom. The summed E-state index contributed by atoms with van der Waals surface area (Å²) in [4.78, 5) is 25.4. The maximum atomic E-state index is 12.8. The molecule has 120 valence electrons. The van der Waals surface area contributed by atoms with Crippen LogP contribution in [0.4, 0.5) is 0 Å². The first-order chi connectivity index (χ1) is 11.1. The van der Waals surface area contributed by atoms with Gasteiger partial charge in [-0.25, -0.2) is 4.79 Å². The van der Waals surface area contributed by atoms with E-state index in [1.54, 1.807) is 13.0 Å². The number of benzene rings is 1. The van der Waals surface area contributed by atoms with E-state index in [0.29, 0.717) is 12.1 Å². The third kappa shape index (κ3) is 3.12. The number of carbonyl (C=O) groups excluding carboxylic acids is 1. The van der Waals surface area contributed by atoms with Crippen LogP contribution in [-0.4, -0.2) is 47.2 Å². The Morgan fingerprint density at radius 2 is 1.91 bits per heavy atom. The zero-order valence-corrected chi connectivity index (χ0v) is 12.6. The van der Waals surface area contributed by atoms with Gasteiger partial charge in [0.2, 0.25) is 0 Å². The molecule has 0 aliphatic carbocycles. The smallest absolute Gasteiger partial charge is 0.334 e. The lowest BCUT2D eigenvalue weighted by molar-refractivity contribution is -0.160. The SMILES string of the molecule is C[C@@H]1CN(C(=O)c2occc2-c2ccccc2)CC(C(=O)O)O1. The predicted molar refractivity (Wildman–Crippen MR) is 82.0 cm³/mol. The summed E-state index contributed by atoms with van der Waals surface area (Å²) in [5, 5.41) is 9.13. The van der Waals surface area contributed by atoms with Crippen LogP contribution in [0.3, 0.4) is 0 Å². The molecule has 1 aromatic carbocycles. The minimum absolute atomic E-state index is 0.00738. The molecule has 0 spiro atoms. The summed E-state index contributed by atoms with van der Waals surface area (Å²) in [5.74, 6) is -1.18. The number of carbonyl (C=O) groups is 2. The first kappa shape index (κ1) is 15.3. The van der Waals surface area contributed by atoms with Crippen LogP contribution in [0.2, 0.25) is 0 Å². The zero-order valence-electron chi connectivity index (χ0n) is 12.6. The maximum absolute atomic E-state index is 12.8. The number of aliphatic carboxylic acids is 1. The fraction of sp³-hybridized carbons (Fsp3) is 0.294. The molecule has 0 saturated carbocycles. The molecule has 0 bridgehead atoms. The van der Waals surface area contributed by atoms with Crippen molar-refractivity contribution in [3.05, 3.63) is 48.4 Å². The molecule has 1 fully saturated rings. The van der Waals surface area contributed by atoms with E-state index >= 15 is 0 Å². The largest absolute Gasteiger partial charge is 0.479 e. The number of carboxylic acid groups (broad SMARTS) is 1. The first-order valence-electron chi connectivity index (χ1n) is 7.36. The maximum Gasteiger partial charge on any atom is 0.334 e. The number of ether oxygens (including phenoxy) is 1. The van der Waals surface area contributed by atoms with E-state index in [2.05, 4.69) is 0 Å². The Morgan fingerprint density at radius 3 is 2.61 bits per heavy atom. The van der Waals surface area contributed by atoms with Crippen LogP contribution in [-0.2, 0) is 9.53 Å². The van der Waals surface area contributed by atoms with Crippen molar-refractivity contribution in [1.29, 1.82) is 0 Å². The van der Waals surface area contributed by atoms with E-state index < -0.39 is 12.1 Å². The van der Waals surface area contributed by atoms with Gasteiger partial charge in [0.25, 0.3) is 5.91 Å². The topological polar surface area (TPSA) is 80.0 Å². The van der Waals surface area contributed by atoms with Gasteiger partial charge in [-0.05, 0) is 18.6 Å². The molecule has 1 aliphatic rings. The van der Waals surface area contributed by atoms with Crippen LogP contribution >= 0.6 is 0 Å². The molecule has 1 unspecified atom stereocenters. The highest BCUT2D eigenvalue weighted by Gasteiger charge is 2.34. The van der Waals surface area contributed by atoms with Crippen LogP contribution in [0.1, 0.15) is 17.5 Å². The quantitative estimate of drug-likeness (QED) is 0.940. The lowest BCUT2D eigenvalue weighted by atomic mass is 10.1. The normalized spacial score (nSPS) is 21.2. The average molecular weight is 315 g/mol. The first-order valence-corrected chi connectivity index (χ1v) is 7.36. The lowest BCUT2D eigenvalue weighted by Gasteiger charge is -2.34. The van der Waals surface area contributed by atoms with E-state index in [-0.39, 0.29) is 24.3 Å². The zero-order chi connectivity index (χ0) is 16.4. The Kier molecular flexibility index (Phi) is 4.16. The highest BCUT2D eigenvalue weighted by molar-refractivity contribution is 5.98. The van der Waals surface area contributed by atoms with E-state index in [0.717, 1.165) is 5.56 Å². The van der Waals surface area contributed by atoms with Crippen LogP contribution in [0.15, 0.2) is 47.1 Å². The Hall–Kier alpha value is -2.60. The summed E-state index contributed by atoms with van der Waals surface area (Å²) < 4.78 is 10.7. The van der Waals surface area contributed by atoms with Crippen LogP contribution in [0, 0.1) is 0 Å². The number of furan rings is 1. The predicted octanol–water partition coefficient (Wildman–Crippen LogP) is 2.26. The fourth-order valence-corrected chi connectivity index (χ4v) is 2.72. The van der Waals surface area contributed by atoms with Crippen molar-refractivity contribution in [2.45, 2.75) is 19.1 Å². The van der Waals surface area contributed by atoms with Crippen molar-refractivity contribution in [1.82, 2.24) is 4.90 Å². The number of morpholine rings is 1. The van der Waals surface area contributed by atoms with Gasteiger partial charge in [-0.3, -0.25) is 4.79 Å². The van der Waals surface area contributed by atoms with E-state index in [9.17, 15) is 9.59 Å². The molecule has 2 atom stereocenters. The van der Waals surface area contributed by atoms with E-state index in [4.69, 9.17) is 14.3 Å². The molecule has 1 amide bonds. The molecular formula is C17H17NO5. The third-order valence-corrected chi connectivity index (χ3v) is 3.77. The molecule has 1 aromatic heterocycles. The van der Waals surface area contributed by atoms with Gasteiger partial charge in [0.15, 0.2) is 11.9 Å². The van der Waals surface area contributed by atoms with Crippen molar-refractivity contribution in [2.24, 2.45) is 0 Å². The van der Waals surface area contributed by atoms with Crippen LogP contribution < -0.4 is 0 Å². The van der Waals surface area contributed by atoms with E-state index in [1.165, 1.54) is 11.2 Å². The van der Waals surface area contributed by atoms with Gasteiger partial charge in [0.05, 0.1) is 18.9 Å². The van der Waals surface area contributed by atoms with Crippen molar-refractivity contribution >= 4 is 11.9 Å². The van der Waals surface area contributed by atoms with Crippen molar-refractivity contribution in [2.75, 3.05) is 13.1 Å². The number of carboxylic acids is 1. The Bertz CT molecular complexity index is 709. The van der Waals surface area contributed by atoms with Crippen molar-refractivity contribution in [3.63, 3.8) is 0 Å². The molecular weight excluding hydrogens is 298 g/mol. The highest BCUT2D eigenvalue weighted by atomic mass is 16.5. The van der Waals surface area contributed by atoms with Gasteiger partial charge in [-0.2, -0.15) is 0 Å². The lowest BCUT2D eigenvalue weighted by Crippen LogP contribution is -2.51. The second-order valence-electron chi connectivity index (χ2n) is 5.51. The minimum Gasteiger partial charge on any atom is -0.479 e. The molecule has 2 heterocycles. The number of nitrogens with zero attached hydrogens (tertiary/aromatic N) is 1. The van der Waals surface area contributed by atoms with Crippen molar-refractivity contribution in [3.8, 4) is 11.1 Å². The third-order valence-electron chi connectivity index (χ3n) is 3.77. The number of rotatable bonds is 3. The highest BCUT2D eigenvalue weighted by Crippen LogP contribution is 2.26. The molecule has 1 aliphatic heterocycles. The number of hydrogen-bond acceptors (Lipinski definition) is 4. The molecule has 2 aromatic rings. The Balaban J connectivity index is 1.87. The van der Waals surface area contributed by atoms with Gasteiger partial charge in [0.1, 0.15) is 0 Å². The molecule has 1 saturated heterocycles. The Labute approximate surface area is 133 Å². The standard InChI is InChI=1S/C17H17NO5/c1-11-9-18(10-14(23-11)17(20)21)16(19)15-13(7-8-22-15)12-5-3-2-4-6-12/h2-8,11,14H,9-10H2,1H3,(H,20,21)/t11-,14?/m1/s1. The summed E-state index contributed by atoms with van der Waals surface area (Å²) >= 11 is 0. The summed E-state index contributed by atoms with van der Waals surface area (Å²) in [6.07, 6.45) is 0.107.